The van der Waals surface area contributed by atoms with E-state index in [2.05, 4.69) is 9.97 Å². The topological polar surface area (TPSA) is 95.9 Å². The van der Waals surface area contributed by atoms with Crippen LogP contribution in [0.15, 0.2) is 18.5 Å². The number of aliphatic hydroxyl groups is 1. The smallest absolute Gasteiger partial charge is 0.411 e. The largest absolute Gasteiger partial charge is 0.444 e. The molecule has 1 N–H and O–H groups in total. The molecule has 27 heavy (non-hydrogen) atoms. The van der Waals surface area contributed by atoms with Crippen LogP contribution in [0.3, 0.4) is 0 Å². The molecule has 3 rings (SSSR count). The van der Waals surface area contributed by atoms with Crippen molar-refractivity contribution in [3.05, 3.63) is 24.3 Å². The van der Waals surface area contributed by atoms with Crippen LogP contribution >= 0.6 is 0 Å². The second-order valence-electron chi connectivity index (χ2n) is 8.50. The molecule has 0 saturated carbocycles. The molecule has 0 aliphatic carbocycles. The zero-order valence-electron chi connectivity index (χ0n) is 16.5. The van der Waals surface area contributed by atoms with Gasteiger partial charge in [-0.1, -0.05) is 0 Å². The standard InChI is InChI=1S/C19H28N4O4/c1-12-7-8-19(23(12)17(26)27-18(3,4)5)11-22(16(19)25)14(13(2)24)15-20-9-6-10-21-15/h6,9-10,12-14,24H,7-8,11H2,1-5H3. The van der Waals surface area contributed by atoms with Crippen molar-refractivity contribution in [2.75, 3.05) is 6.54 Å². The molecule has 1 aromatic heterocycles. The van der Waals surface area contributed by atoms with Gasteiger partial charge in [0, 0.05) is 18.4 Å². The van der Waals surface area contributed by atoms with Crippen LogP contribution < -0.4 is 0 Å². The zero-order valence-corrected chi connectivity index (χ0v) is 16.5. The van der Waals surface area contributed by atoms with E-state index >= 15 is 0 Å². The number of hydrogen-bond acceptors (Lipinski definition) is 6. The molecule has 2 amide bonds. The van der Waals surface area contributed by atoms with Crippen LogP contribution in [0.1, 0.15) is 59.3 Å². The van der Waals surface area contributed by atoms with Gasteiger partial charge in [0.25, 0.3) is 5.91 Å². The quantitative estimate of drug-likeness (QED) is 0.810. The third kappa shape index (κ3) is 3.38. The minimum absolute atomic E-state index is 0.0797. The van der Waals surface area contributed by atoms with E-state index in [1.165, 1.54) is 0 Å². The molecular weight excluding hydrogens is 348 g/mol. The van der Waals surface area contributed by atoms with Crippen molar-refractivity contribution in [3.63, 3.8) is 0 Å². The van der Waals surface area contributed by atoms with Gasteiger partial charge in [-0.25, -0.2) is 14.8 Å². The summed E-state index contributed by atoms with van der Waals surface area (Å²) < 4.78 is 5.54. The highest BCUT2D eigenvalue weighted by Crippen LogP contribution is 2.46. The van der Waals surface area contributed by atoms with E-state index in [0.717, 1.165) is 6.42 Å². The highest BCUT2D eigenvalue weighted by molar-refractivity contribution is 5.96. The van der Waals surface area contributed by atoms with Gasteiger partial charge in [0.1, 0.15) is 17.2 Å². The van der Waals surface area contributed by atoms with Gasteiger partial charge >= 0.3 is 6.09 Å². The number of aliphatic hydroxyl groups excluding tert-OH is 1. The summed E-state index contributed by atoms with van der Waals surface area (Å²) in [4.78, 5) is 37.6. The van der Waals surface area contributed by atoms with Crippen LogP contribution in [0.4, 0.5) is 4.79 Å². The molecule has 2 aliphatic rings. The average Bonchev–Trinajstić information content (AvgIpc) is 2.93. The fraction of sp³-hybridized carbons (Fsp3) is 0.684. The number of likely N-dealkylation sites (tertiary alicyclic amines) is 2. The number of hydrogen-bond donors (Lipinski definition) is 1. The number of ether oxygens (including phenoxy) is 1. The van der Waals surface area contributed by atoms with Crippen LogP contribution in [0.5, 0.6) is 0 Å². The van der Waals surface area contributed by atoms with E-state index < -0.39 is 29.4 Å². The molecule has 8 heteroatoms. The minimum atomic E-state index is -0.899. The Bertz CT molecular complexity index is 718. The van der Waals surface area contributed by atoms with E-state index in [9.17, 15) is 14.7 Å². The maximum atomic E-state index is 13.2. The van der Waals surface area contributed by atoms with Gasteiger partial charge in [-0.05, 0) is 53.5 Å². The Labute approximate surface area is 159 Å². The molecule has 0 radical (unpaired) electrons. The van der Waals surface area contributed by atoms with E-state index in [0.29, 0.717) is 18.8 Å². The Kier molecular flexibility index (Phi) is 4.88. The molecule has 2 aliphatic heterocycles. The van der Waals surface area contributed by atoms with E-state index in [1.807, 2.05) is 27.7 Å². The van der Waals surface area contributed by atoms with E-state index in [4.69, 9.17) is 4.74 Å². The molecule has 8 nitrogen and oxygen atoms in total. The Morgan fingerprint density at radius 2 is 2.00 bits per heavy atom. The molecule has 2 saturated heterocycles. The van der Waals surface area contributed by atoms with Crippen LogP contribution in [0.2, 0.25) is 0 Å². The summed E-state index contributed by atoms with van der Waals surface area (Å²) in [5.41, 5.74) is -1.53. The van der Waals surface area contributed by atoms with Crippen LogP contribution in [-0.2, 0) is 9.53 Å². The second kappa shape index (κ2) is 6.74. The number of aromatic nitrogens is 2. The first-order chi connectivity index (χ1) is 12.6. The number of carbonyl (C=O) groups is 2. The number of nitrogens with zero attached hydrogens (tertiary/aromatic N) is 4. The van der Waals surface area contributed by atoms with Crippen molar-refractivity contribution in [1.82, 2.24) is 19.8 Å². The first-order valence-corrected chi connectivity index (χ1v) is 9.35. The number of rotatable bonds is 3. The fourth-order valence-electron chi connectivity index (χ4n) is 4.05. The molecule has 148 valence electrons. The van der Waals surface area contributed by atoms with Crippen LogP contribution in [0, 0.1) is 0 Å². The summed E-state index contributed by atoms with van der Waals surface area (Å²) in [5, 5.41) is 10.3. The molecule has 2 fully saturated rings. The lowest BCUT2D eigenvalue weighted by atomic mass is 9.83. The third-order valence-electron chi connectivity index (χ3n) is 5.20. The molecular formula is C19H28N4O4. The maximum Gasteiger partial charge on any atom is 0.411 e. The summed E-state index contributed by atoms with van der Waals surface area (Å²) in [6.45, 7) is 9.31. The third-order valence-corrected chi connectivity index (χ3v) is 5.20. The first kappa shape index (κ1) is 19.5. The lowest BCUT2D eigenvalue weighted by Crippen LogP contribution is -2.74. The van der Waals surface area contributed by atoms with E-state index in [-0.39, 0.29) is 11.9 Å². The second-order valence-corrected chi connectivity index (χ2v) is 8.50. The SMILES string of the molecule is CC(O)C(c1ncccn1)N1CC2(CCC(C)N2C(=O)OC(C)(C)C)C1=O. The highest BCUT2D eigenvalue weighted by Gasteiger charge is 2.64. The van der Waals surface area contributed by atoms with Crippen molar-refractivity contribution in [1.29, 1.82) is 0 Å². The van der Waals surface area contributed by atoms with E-state index in [1.54, 1.807) is 35.2 Å². The molecule has 1 aromatic rings. The predicted molar refractivity (Wildman–Crippen MR) is 97.7 cm³/mol. The number of amides is 2. The zero-order chi connectivity index (χ0) is 20.0. The van der Waals surface area contributed by atoms with Crippen molar-refractivity contribution < 1.29 is 19.4 Å². The average molecular weight is 376 g/mol. The summed E-state index contributed by atoms with van der Waals surface area (Å²) in [5.74, 6) is 0.210. The van der Waals surface area contributed by atoms with Crippen LogP contribution in [-0.4, -0.2) is 66.7 Å². The lowest BCUT2D eigenvalue weighted by Gasteiger charge is -2.54. The lowest BCUT2D eigenvalue weighted by molar-refractivity contribution is -0.170. The Morgan fingerprint density at radius 3 is 2.52 bits per heavy atom. The molecule has 1 spiro atoms. The van der Waals surface area contributed by atoms with Gasteiger partial charge in [-0.3, -0.25) is 9.69 Å². The monoisotopic (exact) mass is 376 g/mol. The Balaban J connectivity index is 1.84. The summed E-state index contributed by atoms with van der Waals surface area (Å²) in [7, 11) is 0. The predicted octanol–water partition coefficient (Wildman–Crippen LogP) is 1.90. The normalized spacial score (nSPS) is 27.5. The minimum Gasteiger partial charge on any atom is -0.444 e. The molecule has 3 heterocycles. The molecule has 4 atom stereocenters. The van der Waals surface area contributed by atoms with Crippen molar-refractivity contribution in [2.45, 2.75) is 76.8 Å². The van der Waals surface area contributed by atoms with Gasteiger partial charge in [-0.15, -0.1) is 0 Å². The Hall–Kier alpha value is -2.22. The van der Waals surface area contributed by atoms with Gasteiger partial charge in [0.05, 0.1) is 12.6 Å². The number of β-lactam (4-membered cyclic amide) rings is 1. The fourth-order valence-corrected chi connectivity index (χ4v) is 4.05. The molecule has 4 unspecified atom stereocenters. The molecule has 0 aromatic carbocycles. The van der Waals surface area contributed by atoms with Gasteiger partial charge in [-0.2, -0.15) is 0 Å². The number of carbonyl (C=O) groups excluding carboxylic acids is 2. The summed E-state index contributed by atoms with van der Waals surface area (Å²) in [6, 6.07) is 0.968. The van der Waals surface area contributed by atoms with Gasteiger partial charge in [0.2, 0.25) is 0 Å². The van der Waals surface area contributed by atoms with Crippen LogP contribution in [0.25, 0.3) is 0 Å². The first-order valence-electron chi connectivity index (χ1n) is 9.35. The van der Waals surface area contributed by atoms with Crippen molar-refractivity contribution in [3.8, 4) is 0 Å². The van der Waals surface area contributed by atoms with Crippen molar-refractivity contribution >= 4 is 12.0 Å². The summed E-state index contributed by atoms with van der Waals surface area (Å²) >= 11 is 0. The highest BCUT2D eigenvalue weighted by atomic mass is 16.6. The van der Waals surface area contributed by atoms with Gasteiger partial charge in [0.15, 0.2) is 5.82 Å². The molecule has 0 bridgehead atoms. The summed E-state index contributed by atoms with van der Waals surface area (Å²) in [6.07, 6.45) is 3.20. The van der Waals surface area contributed by atoms with Crippen molar-refractivity contribution in [2.24, 2.45) is 0 Å². The maximum absolute atomic E-state index is 13.2. The Morgan fingerprint density at radius 1 is 1.37 bits per heavy atom. The van der Waals surface area contributed by atoms with Gasteiger partial charge < -0.3 is 14.7 Å².